The van der Waals surface area contributed by atoms with Crippen LogP contribution >= 0.6 is 12.2 Å². The largest absolute Gasteiger partial charge is 0.332 e. The molecule has 24 heavy (non-hydrogen) atoms. The second-order valence-electron chi connectivity index (χ2n) is 5.69. The van der Waals surface area contributed by atoms with Crippen molar-refractivity contribution in [2.75, 3.05) is 5.32 Å². The first-order chi connectivity index (χ1) is 11.6. The monoisotopic (exact) mass is 334 g/mol. The molecule has 3 rings (SSSR count). The molecular weight excluding hydrogens is 316 g/mol. The minimum absolute atomic E-state index is 0.128. The zero-order valence-electron chi connectivity index (χ0n) is 13.4. The van der Waals surface area contributed by atoms with Crippen molar-refractivity contribution >= 4 is 39.7 Å². The van der Waals surface area contributed by atoms with Gasteiger partial charge >= 0.3 is 0 Å². The van der Waals surface area contributed by atoms with Gasteiger partial charge in [0.15, 0.2) is 5.11 Å². The molecule has 0 heterocycles. The molecule has 0 radical (unpaired) electrons. The predicted molar refractivity (Wildman–Crippen MR) is 103 cm³/mol. The van der Waals surface area contributed by atoms with Gasteiger partial charge in [0.1, 0.15) is 0 Å². The minimum atomic E-state index is -0.128. The summed E-state index contributed by atoms with van der Waals surface area (Å²) in [4.78, 5) is 12.3. The Bertz CT molecular complexity index is 900. The maximum absolute atomic E-state index is 12.3. The van der Waals surface area contributed by atoms with Gasteiger partial charge in [-0.2, -0.15) is 0 Å². The SMILES string of the molecule is Cc1cccc(NC(=S)NC(=O)Cc2cccc3ccccc23)c1. The molecule has 0 unspecified atom stereocenters. The number of benzene rings is 3. The number of hydrogen-bond acceptors (Lipinski definition) is 2. The second-order valence-corrected chi connectivity index (χ2v) is 6.10. The van der Waals surface area contributed by atoms with Crippen molar-refractivity contribution in [2.45, 2.75) is 13.3 Å². The highest BCUT2D eigenvalue weighted by Crippen LogP contribution is 2.18. The van der Waals surface area contributed by atoms with E-state index >= 15 is 0 Å². The Hall–Kier alpha value is -2.72. The van der Waals surface area contributed by atoms with Crippen molar-refractivity contribution in [1.82, 2.24) is 5.32 Å². The summed E-state index contributed by atoms with van der Waals surface area (Å²) in [6.45, 7) is 2.01. The maximum Gasteiger partial charge on any atom is 0.230 e. The molecule has 3 nitrogen and oxygen atoms in total. The molecule has 120 valence electrons. The number of amides is 1. The molecule has 3 aromatic rings. The molecule has 0 fully saturated rings. The summed E-state index contributed by atoms with van der Waals surface area (Å²) < 4.78 is 0. The summed E-state index contributed by atoms with van der Waals surface area (Å²) in [7, 11) is 0. The number of carbonyl (C=O) groups excluding carboxylic acids is 1. The Morgan fingerprint density at radius 1 is 1.00 bits per heavy atom. The first-order valence-corrected chi connectivity index (χ1v) is 8.17. The third-order valence-electron chi connectivity index (χ3n) is 3.76. The van der Waals surface area contributed by atoms with Crippen LogP contribution in [-0.4, -0.2) is 11.0 Å². The van der Waals surface area contributed by atoms with Gasteiger partial charge in [0, 0.05) is 5.69 Å². The normalized spacial score (nSPS) is 10.4. The molecule has 3 aromatic carbocycles. The Morgan fingerprint density at radius 3 is 2.58 bits per heavy atom. The first kappa shape index (κ1) is 16.1. The van der Waals surface area contributed by atoms with Crippen molar-refractivity contribution in [1.29, 1.82) is 0 Å². The number of fused-ring (bicyclic) bond motifs is 1. The maximum atomic E-state index is 12.3. The van der Waals surface area contributed by atoms with Crippen molar-refractivity contribution in [3.63, 3.8) is 0 Å². The number of carbonyl (C=O) groups is 1. The van der Waals surface area contributed by atoms with E-state index in [1.54, 1.807) is 0 Å². The van der Waals surface area contributed by atoms with E-state index in [1.807, 2.05) is 73.7 Å². The lowest BCUT2D eigenvalue weighted by molar-refractivity contribution is -0.119. The number of rotatable bonds is 3. The molecule has 0 aromatic heterocycles. The minimum Gasteiger partial charge on any atom is -0.332 e. The number of anilines is 1. The first-order valence-electron chi connectivity index (χ1n) is 7.76. The van der Waals surface area contributed by atoms with E-state index < -0.39 is 0 Å². The molecule has 1 amide bonds. The zero-order chi connectivity index (χ0) is 16.9. The summed E-state index contributed by atoms with van der Waals surface area (Å²) in [6.07, 6.45) is 0.289. The standard InChI is InChI=1S/C20H18N2OS/c1-14-6-4-10-17(12-14)21-20(24)22-19(23)13-16-9-5-8-15-7-2-3-11-18(15)16/h2-12H,13H2,1H3,(H2,21,22,23,24). The van der Waals surface area contributed by atoms with Crippen molar-refractivity contribution in [3.05, 3.63) is 77.9 Å². The van der Waals surface area contributed by atoms with E-state index in [0.29, 0.717) is 5.11 Å². The third-order valence-corrected chi connectivity index (χ3v) is 3.96. The van der Waals surface area contributed by atoms with E-state index in [0.717, 1.165) is 27.6 Å². The van der Waals surface area contributed by atoms with Crippen LogP contribution in [0.4, 0.5) is 5.69 Å². The lowest BCUT2D eigenvalue weighted by Gasteiger charge is -2.11. The molecule has 2 N–H and O–H groups in total. The lowest BCUT2D eigenvalue weighted by Crippen LogP contribution is -2.35. The van der Waals surface area contributed by atoms with E-state index in [1.165, 1.54) is 0 Å². The molecular formula is C20H18N2OS. The van der Waals surface area contributed by atoms with Gasteiger partial charge in [0.05, 0.1) is 6.42 Å². The molecule has 0 spiro atoms. The van der Waals surface area contributed by atoms with Crippen LogP contribution in [0.25, 0.3) is 10.8 Å². The smallest absolute Gasteiger partial charge is 0.230 e. The predicted octanol–water partition coefficient (Wildman–Crippen LogP) is 4.20. The summed E-state index contributed by atoms with van der Waals surface area (Å²) in [5.41, 5.74) is 2.99. The molecule has 0 bridgehead atoms. The summed E-state index contributed by atoms with van der Waals surface area (Å²) in [6, 6.07) is 21.9. The number of nitrogens with one attached hydrogen (secondary N) is 2. The lowest BCUT2D eigenvalue weighted by atomic mass is 10.0. The number of hydrogen-bond donors (Lipinski definition) is 2. The number of aryl methyl sites for hydroxylation is 1. The van der Waals surface area contributed by atoms with Crippen LogP contribution in [0.5, 0.6) is 0 Å². The summed E-state index contributed by atoms with van der Waals surface area (Å²) in [5, 5.41) is 8.31. The van der Waals surface area contributed by atoms with Gasteiger partial charge in [-0.3, -0.25) is 4.79 Å². The highest BCUT2D eigenvalue weighted by Gasteiger charge is 2.08. The average Bonchev–Trinajstić information content (AvgIpc) is 2.55. The summed E-state index contributed by atoms with van der Waals surface area (Å²) in [5.74, 6) is -0.128. The van der Waals surface area contributed by atoms with Crippen molar-refractivity contribution < 1.29 is 4.79 Å². The van der Waals surface area contributed by atoms with E-state index in [4.69, 9.17) is 12.2 Å². The number of thiocarbonyl (C=S) groups is 1. The highest BCUT2D eigenvalue weighted by atomic mass is 32.1. The van der Waals surface area contributed by atoms with E-state index in [9.17, 15) is 4.79 Å². The summed E-state index contributed by atoms with van der Waals surface area (Å²) >= 11 is 5.22. The molecule has 0 aliphatic carbocycles. The van der Waals surface area contributed by atoms with Crippen molar-refractivity contribution in [3.8, 4) is 0 Å². The fraction of sp³-hybridized carbons (Fsp3) is 0.100. The van der Waals surface area contributed by atoms with Gasteiger partial charge < -0.3 is 10.6 Å². The van der Waals surface area contributed by atoms with Crippen LogP contribution in [0, 0.1) is 6.92 Å². The van der Waals surface area contributed by atoms with Gasteiger partial charge in [-0.1, -0.05) is 54.6 Å². The Kier molecular flexibility index (Phi) is 4.87. The van der Waals surface area contributed by atoms with E-state index in [-0.39, 0.29) is 12.3 Å². The zero-order valence-corrected chi connectivity index (χ0v) is 14.2. The van der Waals surface area contributed by atoms with Crippen LogP contribution in [0.1, 0.15) is 11.1 Å². The topological polar surface area (TPSA) is 41.1 Å². The Labute approximate surface area is 146 Å². The molecule has 0 saturated carbocycles. The highest BCUT2D eigenvalue weighted by molar-refractivity contribution is 7.80. The van der Waals surface area contributed by atoms with Gasteiger partial charge in [-0.05, 0) is 53.2 Å². The van der Waals surface area contributed by atoms with Gasteiger partial charge in [-0.15, -0.1) is 0 Å². The fourth-order valence-corrected chi connectivity index (χ4v) is 2.91. The van der Waals surface area contributed by atoms with Crippen LogP contribution in [0.2, 0.25) is 0 Å². The fourth-order valence-electron chi connectivity index (χ4n) is 2.68. The molecule has 0 aliphatic rings. The van der Waals surface area contributed by atoms with Gasteiger partial charge in [-0.25, -0.2) is 0 Å². The van der Waals surface area contributed by atoms with Gasteiger partial charge in [0.25, 0.3) is 0 Å². The van der Waals surface area contributed by atoms with Crippen LogP contribution < -0.4 is 10.6 Å². The van der Waals surface area contributed by atoms with Crippen LogP contribution in [0.3, 0.4) is 0 Å². The average molecular weight is 334 g/mol. The Morgan fingerprint density at radius 2 is 1.75 bits per heavy atom. The van der Waals surface area contributed by atoms with Crippen molar-refractivity contribution in [2.24, 2.45) is 0 Å². The van der Waals surface area contributed by atoms with E-state index in [2.05, 4.69) is 10.6 Å². The molecule has 0 aliphatic heterocycles. The van der Waals surface area contributed by atoms with Crippen LogP contribution in [0.15, 0.2) is 66.7 Å². The van der Waals surface area contributed by atoms with Gasteiger partial charge in [0.2, 0.25) is 5.91 Å². The quantitative estimate of drug-likeness (QED) is 0.705. The molecule has 0 saturated heterocycles. The molecule has 0 atom stereocenters. The third kappa shape index (κ3) is 3.97. The van der Waals surface area contributed by atoms with Crippen LogP contribution in [-0.2, 0) is 11.2 Å². The second kappa shape index (κ2) is 7.23. The molecule has 4 heteroatoms. The Balaban J connectivity index is 1.65.